The van der Waals surface area contributed by atoms with Gasteiger partial charge < -0.3 is 5.11 Å². The highest BCUT2D eigenvalue weighted by Gasteiger charge is 2.07. The lowest BCUT2D eigenvalue weighted by molar-refractivity contribution is -0.384. The summed E-state index contributed by atoms with van der Waals surface area (Å²) < 4.78 is 0. The minimum Gasteiger partial charge on any atom is -0.386 e. The molecule has 0 aliphatic rings. The van der Waals surface area contributed by atoms with E-state index >= 15 is 0 Å². The van der Waals surface area contributed by atoms with Gasteiger partial charge in [-0.15, -0.1) is 0 Å². The van der Waals surface area contributed by atoms with Gasteiger partial charge in [0.25, 0.3) is 5.69 Å². The summed E-state index contributed by atoms with van der Waals surface area (Å²) >= 11 is 0. The molecule has 0 saturated heterocycles. The van der Waals surface area contributed by atoms with Crippen LogP contribution in [0.3, 0.4) is 0 Å². The lowest BCUT2D eigenvalue weighted by atomic mass is 10.1. The average Bonchev–Trinajstić information content (AvgIpc) is 2.14. The van der Waals surface area contributed by atoms with Gasteiger partial charge in [-0.3, -0.25) is 10.1 Å². The van der Waals surface area contributed by atoms with Gasteiger partial charge in [0, 0.05) is 12.1 Å². The molecule has 0 atom stereocenters. The number of nitro benzene ring substituents is 1. The van der Waals surface area contributed by atoms with Crippen LogP contribution in [0.4, 0.5) is 5.69 Å². The van der Waals surface area contributed by atoms with E-state index in [4.69, 9.17) is 0 Å². The summed E-state index contributed by atoms with van der Waals surface area (Å²) in [5.74, 6) is 0. The van der Waals surface area contributed by atoms with E-state index in [1.165, 1.54) is 12.1 Å². The highest BCUT2D eigenvalue weighted by Crippen LogP contribution is 2.15. The number of non-ortho nitro benzene ring substituents is 1. The maximum absolute atomic E-state index is 10.5. The number of nitrogens with zero attached hydrogens (tertiary/aromatic N) is 1. The van der Waals surface area contributed by atoms with Crippen molar-refractivity contribution in [3.05, 3.63) is 46.0 Å². The predicted octanol–water partition coefficient (Wildman–Crippen LogP) is 2.38. The summed E-state index contributed by atoms with van der Waals surface area (Å²) in [7, 11) is 0. The Hall–Kier alpha value is -1.68. The molecule has 0 bridgehead atoms. The van der Waals surface area contributed by atoms with Gasteiger partial charge in [0.15, 0.2) is 0 Å². The Morgan fingerprint density at radius 2 is 2.13 bits per heavy atom. The zero-order valence-corrected chi connectivity index (χ0v) is 8.68. The van der Waals surface area contributed by atoms with Gasteiger partial charge >= 0.3 is 0 Å². The van der Waals surface area contributed by atoms with Crippen molar-refractivity contribution in [2.24, 2.45) is 0 Å². The summed E-state index contributed by atoms with van der Waals surface area (Å²) in [4.78, 5) is 10.0. The molecule has 1 aromatic rings. The van der Waals surface area contributed by atoms with E-state index in [-0.39, 0.29) is 5.69 Å². The van der Waals surface area contributed by atoms with E-state index in [9.17, 15) is 15.2 Å². The molecular weight excluding hydrogens is 194 g/mol. The zero-order valence-electron chi connectivity index (χ0n) is 8.68. The molecule has 1 aromatic carbocycles. The molecule has 0 spiro atoms. The van der Waals surface area contributed by atoms with Gasteiger partial charge in [0.05, 0.1) is 10.5 Å². The van der Waals surface area contributed by atoms with Crippen LogP contribution in [0, 0.1) is 10.1 Å². The van der Waals surface area contributed by atoms with Gasteiger partial charge in [0.2, 0.25) is 0 Å². The summed E-state index contributed by atoms with van der Waals surface area (Å²) in [6, 6.07) is 6.25. The topological polar surface area (TPSA) is 63.4 Å². The van der Waals surface area contributed by atoms with Crippen molar-refractivity contribution in [3.63, 3.8) is 0 Å². The molecule has 0 unspecified atom stereocenters. The summed E-state index contributed by atoms with van der Waals surface area (Å²) in [6.45, 7) is 3.28. The van der Waals surface area contributed by atoms with Crippen LogP contribution >= 0.6 is 0 Å². The largest absolute Gasteiger partial charge is 0.386 e. The molecule has 0 aliphatic carbocycles. The van der Waals surface area contributed by atoms with E-state index in [1.54, 1.807) is 38.1 Å². The van der Waals surface area contributed by atoms with Crippen molar-refractivity contribution in [2.45, 2.75) is 19.4 Å². The Balaban J connectivity index is 2.92. The van der Waals surface area contributed by atoms with E-state index in [0.29, 0.717) is 5.56 Å². The summed E-state index contributed by atoms with van der Waals surface area (Å²) in [6.07, 6.45) is 3.25. The second kappa shape index (κ2) is 4.23. The van der Waals surface area contributed by atoms with Crippen molar-refractivity contribution in [1.82, 2.24) is 0 Å². The lowest BCUT2D eigenvalue weighted by Crippen LogP contribution is -2.13. The molecule has 4 nitrogen and oxygen atoms in total. The third kappa shape index (κ3) is 3.91. The quantitative estimate of drug-likeness (QED) is 0.611. The van der Waals surface area contributed by atoms with E-state index in [1.807, 2.05) is 0 Å². The van der Waals surface area contributed by atoms with Crippen molar-refractivity contribution in [3.8, 4) is 0 Å². The van der Waals surface area contributed by atoms with Crippen LogP contribution in [0.5, 0.6) is 0 Å². The van der Waals surface area contributed by atoms with Crippen molar-refractivity contribution >= 4 is 11.8 Å². The Morgan fingerprint density at radius 3 is 2.67 bits per heavy atom. The van der Waals surface area contributed by atoms with Crippen LogP contribution in [0.1, 0.15) is 19.4 Å². The molecule has 0 aliphatic heterocycles. The Bertz CT molecular complexity index is 391. The Kier molecular flexibility index (Phi) is 3.21. The zero-order chi connectivity index (χ0) is 11.5. The number of nitro groups is 1. The first-order chi connectivity index (χ1) is 6.88. The monoisotopic (exact) mass is 207 g/mol. The highest BCUT2D eigenvalue weighted by molar-refractivity contribution is 5.54. The second-order valence-corrected chi connectivity index (χ2v) is 3.84. The predicted molar refractivity (Wildman–Crippen MR) is 58.4 cm³/mol. The van der Waals surface area contributed by atoms with Crippen LogP contribution in [0.2, 0.25) is 0 Å². The molecule has 1 N–H and O–H groups in total. The van der Waals surface area contributed by atoms with Gasteiger partial charge in [0.1, 0.15) is 0 Å². The van der Waals surface area contributed by atoms with Gasteiger partial charge in [-0.05, 0) is 19.4 Å². The highest BCUT2D eigenvalue weighted by atomic mass is 16.6. The van der Waals surface area contributed by atoms with E-state index in [2.05, 4.69) is 0 Å². The molecule has 0 radical (unpaired) electrons. The first-order valence-electron chi connectivity index (χ1n) is 4.54. The molecule has 4 heteroatoms. The molecule has 0 heterocycles. The van der Waals surface area contributed by atoms with Crippen LogP contribution < -0.4 is 0 Å². The van der Waals surface area contributed by atoms with Crippen molar-refractivity contribution in [2.75, 3.05) is 0 Å². The third-order valence-electron chi connectivity index (χ3n) is 1.76. The lowest BCUT2D eigenvalue weighted by Gasteiger charge is -2.09. The normalized spacial score (nSPS) is 11.9. The maximum atomic E-state index is 10.5. The molecule has 0 saturated carbocycles. The number of hydrogen-bond acceptors (Lipinski definition) is 3. The summed E-state index contributed by atoms with van der Waals surface area (Å²) in [5, 5.41) is 19.9. The van der Waals surface area contributed by atoms with Crippen molar-refractivity contribution in [1.29, 1.82) is 0 Å². The SMILES string of the molecule is CC(C)(O)C=Cc1cccc([N+](=O)[O-])c1. The fraction of sp³-hybridized carbons (Fsp3) is 0.273. The number of aliphatic hydroxyl groups is 1. The number of rotatable bonds is 3. The minimum absolute atomic E-state index is 0.0490. The fourth-order valence-electron chi connectivity index (χ4n) is 1.04. The van der Waals surface area contributed by atoms with Crippen molar-refractivity contribution < 1.29 is 10.0 Å². The van der Waals surface area contributed by atoms with Crippen LogP contribution in [0.15, 0.2) is 30.3 Å². The standard InChI is InChI=1S/C11H13NO3/c1-11(2,13)7-6-9-4-3-5-10(8-9)12(14)15/h3-8,13H,1-2H3. The van der Waals surface area contributed by atoms with Crippen LogP contribution in [-0.4, -0.2) is 15.6 Å². The molecular formula is C11H13NO3. The third-order valence-corrected chi connectivity index (χ3v) is 1.76. The minimum atomic E-state index is -0.912. The Labute approximate surface area is 88.0 Å². The Morgan fingerprint density at radius 1 is 1.47 bits per heavy atom. The first kappa shape index (κ1) is 11.4. The molecule has 15 heavy (non-hydrogen) atoms. The molecule has 1 rings (SSSR count). The van der Waals surface area contributed by atoms with E-state index < -0.39 is 10.5 Å². The fourth-order valence-corrected chi connectivity index (χ4v) is 1.04. The van der Waals surface area contributed by atoms with Crippen LogP contribution in [-0.2, 0) is 0 Å². The number of hydrogen-bond donors (Lipinski definition) is 1. The van der Waals surface area contributed by atoms with Gasteiger partial charge in [-0.25, -0.2) is 0 Å². The average molecular weight is 207 g/mol. The number of benzene rings is 1. The van der Waals surface area contributed by atoms with Crippen LogP contribution in [0.25, 0.3) is 6.08 Å². The maximum Gasteiger partial charge on any atom is 0.270 e. The smallest absolute Gasteiger partial charge is 0.270 e. The van der Waals surface area contributed by atoms with E-state index in [0.717, 1.165) is 0 Å². The summed E-state index contributed by atoms with van der Waals surface area (Å²) in [5.41, 5.74) is -0.163. The molecule has 0 amide bonds. The second-order valence-electron chi connectivity index (χ2n) is 3.84. The van der Waals surface area contributed by atoms with Gasteiger partial charge in [-0.1, -0.05) is 24.3 Å². The molecule has 0 fully saturated rings. The van der Waals surface area contributed by atoms with Gasteiger partial charge in [-0.2, -0.15) is 0 Å². The molecule has 80 valence electrons. The molecule has 0 aromatic heterocycles. The first-order valence-corrected chi connectivity index (χ1v) is 4.54.